The van der Waals surface area contributed by atoms with Crippen LogP contribution < -0.4 is 4.90 Å². The van der Waals surface area contributed by atoms with E-state index in [9.17, 15) is 4.79 Å². The Morgan fingerprint density at radius 3 is 2.69 bits per heavy atom. The van der Waals surface area contributed by atoms with Crippen LogP contribution in [-0.4, -0.2) is 23.2 Å². The Balaban J connectivity index is 2.40. The van der Waals surface area contributed by atoms with E-state index in [2.05, 4.69) is 9.97 Å². The van der Waals surface area contributed by atoms with E-state index in [-0.39, 0.29) is 0 Å². The minimum atomic E-state index is -0.485. The molecule has 0 atom stereocenters. The molecule has 0 radical (unpaired) electrons. The second-order valence-corrected chi connectivity index (χ2v) is 3.05. The molecule has 2 rings (SSSR count). The molecule has 0 aliphatic carbocycles. The Morgan fingerprint density at radius 1 is 1.38 bits per heavy atom. The van der Waals surface area contributed by atoms with Crippen molar-refractivity contribution >= 4 is 17.7 Å². The third-order valence-electron chi connectivity index (χ3n) is 2.07. The molecule has 0 aliphatic heterocycles. The molecular formula is C11H11N3O2. The van der Waals surface area contributed by atoms with Crippen LogP contribution in [0.1, 0.15) is 0 Å². The number of nitrogens with one attached hydrogen (secondary N) is 1. The predicted molar refractivity (Wildman–Crippen MR) is 59.6 cm³/mol. The molecule has 16 heavy (non-hydrogen) atoms. The van der Waals surface area contributed by atoms with Crippen LogP contribution in [0.15, 0.2) is 42.7 Å². The van der Waals surface area contributed by atoms with Gasteiger partial charge in [-0.15, -0.1) is 0 Å². The first-order chi connectivity index (χ1) is 7.83. The molecule has 1 aromatic carbocycles. The zero-order valence-corrected chi connectivity index (χ0v) is 8.75. The summed E-state index contributed by atoms with van der Waals surface area (Å²) in [6.45, 7) is 0. The lowest BCUT2D eigenvalue weighted by Gasteiger charge is -2.17. The standard InChI is InChI=1S/C11H11N3O2/c1-16-11(15)14(10-12-7-8-13-10)9-5-3-2-4-6-9/h2-8H,1H3,(H,12,13). The van der Waals surface area contributed by atoms with Crippen molar-refractivity contribution in [1.29, 1.82) is 0 Å². The summed E-state index contributed by atoms with van der Waals surface area (Å²) in [7, 11) is 1.33. The smallest absolute Gasteiger partial charge is 0.421 e. The van der Waals surface area contributed by atoms with Gasteiger partial charge in [-0.05, 0) is 12.1 Å². The molecule has 1 aromatic heterocycles. The van der Waals surface area contributed by atoms with Crippen molar-refractivity contribution in [2.75, 3.05) is 12.0 Å². The number of hydrogen-bond donors (Lipinski definition) is 1. The SMILES string of the molecule is COC(=O)N(c1ccccc1)c1ncc[nH]1. The van der Waals surface area contributed by atoms with Gasteiger partial charge < -0.3 is 9.72 Å². The molecular weight excluding hydrogens is 206 g/mol. The highest BCUT2D eigenvalue weighted by Crippen LogP contribution is 2.21. The van der Waals surface area contributed by atoms with Crippen LogP contribution in [0.3, 0.4) is 0 Å². The molecule has 5 heteroatoms. The van der Waals surface area contributed by atoms with E-state index < -0.39 is 6.09 Å². The van der Waals surface area contributed by atoms with Gasteiger partial charge >= 0.3 is 6.09 Å². The van der Waals surface area contributed by atoms with E-state index in [1.54, 1.807) is 24.5 Å². The highest BCUT2D eigenvalue weighted by Gasteiger charge is 2.19. The van der Waals surface area contributed by atoms with E-state index in [0.717, 1.165) is 0 Å². The number of nitrogens with zero attached hydrogens (tertiary/aromatic N) is 2. The second-order valence-electron chi connectivity index (χ2n) is 3.05. The summed E-state index contributed by atoms with van der Waals surface area (Å²) >= 11 is 0. The van der Waals surface area contributed by atoms with Crippen molar-refractivity contribution in [1.82, 2.24) is 9.97 Å². The minimum absolute atomic E-state index is 0.429. The molecule has 0 saturated carbocycles. The second kappa shape index (κ2) is 4.48. The number of methoxy groups -OCH3 is 1. The van der Waals surface area contributed by atoms with Crippen LogP contribution in [0.4, 0.5) is 16.4 Å². The maximum atomic E-state index is 11.7. The fourth-order valence-corrected chi connectivity index (χ4v) is 1.36. The number of amides is 1. The van der Waals surface area contributed by atoms with Gasteiger partial charge in [0.05, 0.1) is 12.8 Å². The quantitative estimate of drug-likeness (QED) is 0.839. The summed E-state index contributed by atoms with van der Waals surface area (Å²) in [5, 5.41) is 0. The Bertz CT molecular complexity index is 453. The number of aromatic amines is 1. The van der Waals surface area contributed by atoms with Gasteiger partial charge in [-0.1, -0.05) is 18.2 Å². The van der Waals surface area contributed by atoms with E-state index in [4.69, 9.17) is 4.74 Å². The Morgan fingerprint density at radius 2 is 2.12 bits per heavy atom. The lowest BCUT2D eigenvalue weighted by molar-refractivity contribution is 0.181. The lowest BCUT2D eigenvalue weighted by Crippen LogP contribution is -2.26. The summed E-state index contributed by atoms with van der Waals surface area (Å²) in [5.74, 6) is 0.429. The van der Waals surface area contributed by atoms with Gasteiger partial charge in [0.15, 0.2) is 0 Å². The fourth-order valence-electron chi connectivity index (χ4n) is 1.36. The summed E-state index contributed by atoms with van der Waals surface area (Å²) in [4.78, 5) is 19.9. The van der Waals surface area contributed by atoms with Crippen molar-refractivity contribution < 1.29 is 9.53 Å². The van der Waals surface area contributed by atoms with Crippen LogP contribution in [0.2, 0.25) is 0 Å². The molecule has 5 nitrogen and oxygen atoms in total. The van der Waals surface area contributed by atoms with Crippen LogP contribution in [0.25, 0.3) is 0 Å². The topological polar surface area (TPSA) is 58.2 Å². The fraction of sp³-hybridized carbons (Fsp3) is 0.0909. The van der Waals surface area contributed by atoms with E-state index in [1.807, 2.05) is 18.2 Å². The van der Waals surface area contributed by atoms with Crippen LogP contribution in [0.5, 0.6) is 0 Å². The number of hydrogen-bond acceptors (Lipinski definition) is 3. The van der Waals surface area contributed by atoms with Gasteiger partial charge in [0.2, 0.25) is 5.95 Å². The van der Waals surface area contributed by atoms with Crippen LogP contribution in [-0.2, 0) is 4.74 Å². The number of imidazole rings is 1. The molecule has 0 saturated heterocycles. The minimum Gasteiger partial charge on any atom is -0.452 e. The van der Waals surface area contributed by atoms with Crippen molar-refractivity contribution in [2.45, 2.75) is 0 Å². The van der Waals surface area contributed by atoms with Gasteiger partial charge in [0, 0.05) is 12.4 Å². The first-order valence-electron chi connectivity index (χ1n) is 4.75. The molecule has 2 aromatic rings. The highest BCUT2D eigenvalue weighted by atomic mass is 16.5. The average molecular weight is 217 g/mol. The first kappa shape index (κ1) is 10.2. The number of carbonyl (C=O) groups excluding carboxylic acids is 1. The molecule has 0 aliphatic rings. The van der Waals surface area contributed by atoms with Crippen molar-refractivity contribution in [3.63, 3.8) is 0 Å². The Hall–Kier alpha value is -2.30. The molecule has 0 fully saturated rings. The van der Waals surface area contributed by atoms with E-state index in [0.29, 0.717) is 11.6 Å². The van der Waals surface area contributed by atoms with Gasteiger partial charge in [0.1, 0.15) is 0 Å². The molecule has 0 spiro atoms. The molecule has 1 heterocycles. The van der Waals surface area contributed by atoms with E-state index in [1.165, 1.54) is 12.0 Å². The number of anilines is 2. The number of para-hydroxylation sites is 1. The first-order valence-corrected chi connectivity index (χ1v) is 4.75. The zero-order chi connectivity index (χ0) is 11.4. The van der Waals surface area contributed by atoms with Crippen LogP contribution >= 0.6 is 0 Å². The number of carbonyl (C=O) groups is 1. The largest absolute Gasteiger partial charge is 0.452 e. The summed E-state index contributed by atoms with van der Waals surface area (Å²) in [6, 6.07) is 9.17. The number of H-pyrrole nitrogens is 1. The third-order valence-corrected chi connectivity index (χ3v) is 2.07. The Labute approximate surface area is 92.7 Å². The van der Waals surface area contributed by atoms with Crippen molar-refractivity contribution in [2.24, 2.45) is 0 Å². The molecule has 0 bridgehead atoms. The van der Waals surface area contributed by atoms with Gasteiger partial charge in [0.25, 0.3) is 0 Å². The monoisotopic (exact) mass is 217 g/mol. The molecule has 1 N–H and O–H groups in total. The van der Waals surface area contributed by atoms with Gasteiger partial charge in [-0.3, -0.25) is 0 Å². The molecule has 1 amide bonds. The number of ether oxygens (including phenoxy) is 1. The maximum absolute atomic E-state index is 11.7. The molecule has 82 valence electrons. The van der Waals surface area contributed by atoms with Crippen molar-refractivity contribution in [3.05, 3.63) is 42.7 Å². The van der Waals surface area contributed by atoms with Crippen LogP contribution in [0, 0.1) is 0 Å². The van der Waals surface area contributed by atoms with Gasteiger partial charge in [-0.25, -0.2) is 14.7 Å². The third kappa shape index (κ3) is 1.88. The summed E-state index contributed by atoms with van der Waals surface area (Å²) in [5.41, 5.74) is 0.698. The van der Waals surface area contributed by atoms with E-state index >= 15 is 0 Å². The summed E-state index contributed by atoms with van der Waals surface area (Å²) in [6.07, 6.45) is 2.74. The maximum Gasteiger partial charge on any atom is 0.421 e. The average Bonchev–Trinajstić information content (AvgIpc) is 2.84. The Kier molecular flexibility index (Phi) is 2.86. The number of benzene rings is 1. The molecule has 0 unspecified atom stereocenters. The van der Waals surface area contributed by atoms with Crippen molar-refractivity contribution in [3.8, 4) is 0 Å². The number of rotatable bonds is 2. The highest BCUT2D eigenvalue weighted by molar-refractivity contribution is 5.93. The normalized spacial score (nSPS) is 9.81. The zero-order valence-electron chi connectivity index (χ0n) is 8.75. The lowest BCUT2D eigenvalue weighted by atomic mass is 10.3. The summed E-state index contributed by atoms with van der Waals surface area (Å²) < 4.78 is 4.72. The predicted octanol–water partition coefficient (Wildman–Crippen LogP) is 2.31. The van der Waals surface area contributed by atoms with Gasteiger partial charge in [-0.2, -0.15) is 0 Å². The number of aromatic nitrogens is 2.